The summed E-state index contributed by atoms with van der Waals surface area (Å²) in [5.74, 6) is 3.08. The maximum Gasteiger partial charge on any atom is 0.273 e. The second-order valence-corrected chi connectivity index (χ2v) is 13.3. The van der Waals surface area contributed by atoms with Crippen molar-refractivity contribution < 1.29 is 13.9 Å². The van der Waals surface area contributed by atoms with Crippen molar-refractivity contribution in [2.24, 2.45) is 15.0 Å². The second kappa shape index (κ2) is 9.00. The van der Waals surface area contributed by atoms with Gasteiger partial charge in [-0.15, -0.1) is 35.3 Å². The number of benzene rings is 1. The summed E-state index contributed by atoms with van der Waals surface area (Å²) >= 11 is 5.25. The number of hydrogen-bond donors (Lipinski definition) is 1. The maximum absolute atomic E-state index is 12.1. The lowest BCUT2D eigenvalue weighted by Crippen LogP contribution is -2.33. The van der Waals surface area contributed by atoms with Crippen LogP contribution in [0.4, 0.5) is 0 Å². The summed E-state index contributed by atoms with van der Waals surface area (Å²) in [6.07, 6.45) is 0.148. The Kier molecular flexibility index (Phi) is 6.13. The molecule has 6 rings (SSSR count). The highest BCUT2D eigenvalue weighted by Gasteiger charge is 2.52. The number of epoxide rings is 1. The number of carbonyl (C=O) groups is 1. The van der Waals surface area contributed by atoms with Crippen LogP contribution in [0.15, 0.2) is 49.7 Å². The van der Waals surface area contributed by atoms with Gasteiger partial charge < -0.3 is 14.5 Å². The molecule has 5 atom stereocenters. The molecule has 0 aliphatic carbocycles. The van der Waals surface area contributed by atoms with Gasteiger partial charge in [-0.1, -0.05) is 30.3 Å². The van der Waals surface area contributed by atoms with Crippen LogP contribution < -0.4 is 5.32 Å². The predicted molar refractivity (Wildman–Crippen MR) is 153 cm³/mol. The number of nitrogens with one attached hydrogen (secondary N) is 1. The van der Waals surface area contributed by atoms with E-state index in [0.29, 0.717) is 23.1 Å². The molecule has 0 radical (unpaired) electrons. The van der Waals surface area contributed by atoms with E-state index in [1.54, 1.807) is 49.3 Å². The smallest absolute Gasteiger partial charge is 0.273 e. The van der Waals surface area contributed by atoms with Crippen molar-refractivity contribution in [3.63, 3.8) is 0 Å². The van der Waals surface area contributed by atoms with E-state index in [9.17, 15) is 4.79 Å². The standard InChI is InChI=1S/C26H29N5O3S3/c1-14-16(19(32)27-5)28-21(33-14)24(2)11-36-23(30-24)26(4)13-37-22(31-26)25(3)12-35-20(29-25)18-17(34-18)15-9-7-6-8-10-15/h6-10,17-18H,11-13H2,1-5H3,(H,27,32)/t17-,18+,24+,25+,26+/m1/s1. The summed E-state index contributed by atoms with van der Waals surface area (Å²) in [4.78, 5) is 32.1. The Bertz CT molecular complexity index is 1360. The van der Waals surface area contributed by atoms with Crippen LogP contribution in [0.1, 0.15) is 54.6 Å². The van der Waals surface area contributed by atoms with Gasteiger partial charge in [0, 0.05) is 24.3 Å². The zero-order chi connectivity index (χ0) is 26.0. The first-order chi connectivity index (χ1) is 17.6. The lowest BCUT2D eigenvalue weighted by Gasteiger charge is -2.21. The Labute approximate surface area is 229 Å². The van der Waals surface area contributed by atoms with Crippen LogP contribution in [-0.4, -0.2) is 67.5 Å². The number of aryl methyl sites for hydroxylation is 1. The molecule has 37 heavy (non-hydrogen) atoms. The molecule has 8 nitrogen and oxygen atoms in total. The number of oxazole rings is 1. The van der Waals surface area contributed by atoms with Gasteiger partial charge in [0.2, 0.25) is 5.89 Å². The molecule has 1 N–H and O–H groups in total. The molecule has 1 aromatic heterocycles. The monoisotopic (exact) mass is 555 g/mol. The zero-order valence-electron chi connectivity index (χ0n) is 21.4. The first-order valence-electron chi connectivity index (χ1n) is 12.2. The first kappa shape index (κ1) is 25.2. The van der Waals surface area contributed by atoms with Crippen LogP contribution in [0, 0.1) is 6.92 Å². The number of nitrogens with zero attached hydrogens (tertiary/aromatic N) is 4. The molecule has 5 heterocycles. The summed E-state index contributed by atoms with van der Waals surface area (Å²) in [5, 5.41) is 5.71. The lowest BCUT2D eigenvalue weighted by molar-refractivity contribution is 0.0957. The van der Waals surface area contributed by atoms with Crippen molar-refractivity contribution in [1.82, 2.24) is 10.3 Å². The Hall–Kier alpha value is -2.08. The molecule has 4 aliphatic heterocycles. The number of rotatable bonds is 6. The molecular weight excluding hydrogens is 527 g/mol. The summed E-state index contributed by atoms with van der Waals surface area (Å²) < 4.78 is 11.9. The Morgan fingerprint density at radius 3 is 2.24 bits per heavy atom. The molecular formula is C26H29N5O3S3. The van der Waals surface area contributed by atoms with Gasteiger partial charge >= 0.3 is 0 Å². The van der Waals surface area contributed by atoms with Crippen molar-refractivity contribution >= 4 is 56.3 Å². The van der Waals surface area contributed by atoms with Crippen LogP contribution in [0.2, 0.25) is 0 Å². The highest BCUT2D eigenvalue weighted by Crippen LogP contribution is 2.49. The molecule has 1 saturated heterocycles. The summed E-state index contributed by atoms with van der Waals surface area (Å²) in [7, 11) is 1.59. The van der Waals surface area contributed by atoms with Gasteiger partial charge in [-0.2, -0.15) is 0 Å². The largest absolute Gasteiger partial charge is 0.442 e. The Morgan fingerprint density at radius 2 is 1.54 bits per heavy atom. The molecule has 0 unspecified atom stereocenters. The molecule has 4 aliphatic rings. The summed E-state index contributed by atoms with van der Waals surface area (Å²) in [6, 6.07) is 10.3. The second-order valence-electron chi connectivity index (χ2n) is 10.4. The molecule has 0 saturated carbocycles. The average molecular weight is 556 g/mol. The van der Waals surface area contributed by atoms with Crippen LogP contribution in [0.5, 0.6) is 0 Å². The molecule has 1 amide bonds. The molecule has 1 aromatic carbocycles. The van der Waals surface area contributed by atoms with Crippen LogP contribution in [0.3, 0.4) is 0 Å². The van der Waals surface area contributed by atoms with Crippen molar-refractivity contribution in [2.45, 2.75) is 56.5 Å². The molecule has 11 heteroatoms. The number of aromatic nitrogens is 1. The molecule has 194 valence electrons. The Balaban J connectivity index is 1.21. The average Bonchev–Trinajstić information content (AvgIpc) is 3.23. The van der Waals surface area contributed by atoms with E-state index in [-0.39, 0.29) is 23.7 Å². The van der Waals surface area contributed by atoms with Gasteiger partial charge in [0.25, 0.3) is 5.91 Å². The normalized spacial score (nSPS) is 34.8. The third-order valence-corrected chi connectivity index (χ3v) is 11.4. The van der Waals surface area contributed by atoms with Crippen LogP contribution in [-0.2, 0) is 10.3 Å². The maximum atomic E-state index is 12.1. The number of hydrogen-bond acceptors (Lipinski definition) is 10. The van der Waals surface area contributed by atoms with E-state index >= 15 is 0 Å². The fourth-order valence-electron chi connectivity index (χ4n) is 4.70. The fourth-order valence-corrected chi connectivity index (χ4v) is 8.73. The van der Waals surface area contributed by atoms with Gasteiger partial charge in [-0.3, -0.25) is 19.8 Å². The van der Waals surface area contributed by atoms with E-state index in [1.807, 2.05) is 25.1 Å². The first-order valence-corrected chi connectivity index (χ1v) is 15.2. The molecule has 1 fully saturated rings. The van der Waals surface area contributed by atoms with E-state index < -0.39 is 11.1 Å². The number of aliphatic imine (C=N–C) groups is 3. The third kappa shape index (κ3) is 4.37. The van der Waals surface area contributed by atoms with E-state index in [2.05, 4.69) is 36.3 Å². The van der Waals surface area contributed by atoms with Gasteiger partial charge in [0.05, 0.1) is 10.1 Å². The highest BCUT2D eigenvalue weighted by atomic mass is 32.2. The van der Waals surface area contributed by atoms with Gasteiger partial charge in [-0.25, -0.2) is 4.98 Å². The fraction of sp³-hybridized carbons (Fsp3) is 0.500. The van der Waals surface area contributed by atoms with Crippen LogP contribution in [0.25, 0.3) is 0 Å². The number of thioether (sulfide) groups is 3. The number of carbonyl (C=O) groups excluding carboxylic acids is 1. The van der Waals surface area contributed by atoms with Crippen molar-refractivity contribution in [3.8, 4) is 0 Å². The molecule has 0 spiro atoms. The minimum absolute atomic E-state index is 0.0482. The van der Waals surface area contributed by atoms with E-state index in [0.717, 1.165) is 26.6 Å². The quantitative estimate of drug-likeness (QED) is 0.517. The topological polar surface area (TPSA) is 105 Å². The third-order valence-electron chi connectivity index (χ3n) is 7.02. The lowest BCUT2D eigenvalue weighted by atomic mass is 10.0. The predicted octanol–water partition coefficient (Wildman–Crippen LogP) is 4.65. The van der Waals surface area contributed by atoms with E-state index in [4.69, 9.17) is 24.1 Å². The summed E-state index contributed by atoms with van der Waals surface area (Å²) in [5.41, 5.74) is 0.0852. The highest BCUT2D eigenvalue weighted by molar-refractivity contribution is 8.17. The van der Waals surface area contributed by atoms with Crippen molar-refractivity contribution in [2.75, 3.05) is 24.3 Å². The SMILES string of the molecule is CNC(=O)c1nc([C@]2(C)CSC([C@]3(C)CSC([C@]4(C)CSC([C@H]5O[C@@H]5c5ccccc5)=N4)=N3)=N2)oc1C. The van der Waals surface area contributed by atoms with Crippen molar-refractivity contribution in [3.05, 3.63) is 53.2 Å². The van der Waals surface area contributed by atoms with Gasteiger partial charge in [-0.05, 0) is 33.3 Å². The van der Waals surface area contributed by atoms with E-state index in [1.165, 1.54) is 5.56 Å². The number of ether oxygens (including phenoxy) is 1. The van der Waals surface area contributed by atoms with Gasteiger partial charge in [0.1, 0.15) is 39.6 Å². The molecule has 0 bridgehead atoms. The Morgan fingerprint density at radius 1 is 0.919 bits per heavy atom. The minimum atomic E-state index is -0.642. The van der Waals surface area contributed by atoms with Crippen molar-refractivity contribution in [1.29, 1.82) is 0 Å². The van der Waals surface area contributed by atoms with Crippen LogP contribution >= 0.6 is 35.3 Å². The summed E-state index contributed by atoms with van der Waals surface area (Å²) in [6.45, 7) is 8.08. The molecule has 2 aromatic rings. The minimum Gasteiger partial charge on any atom is -0.442 e. The van der Waals surface area contributed by atoms with Gasteiger partial charge in [0.15, 0.2) is 5.69 Å². The number of amides is 1. The zero-order valence-corrected chi connectivity index (χ0v) is 23.9.